The van der Waals surface area contributed by atoms with Gasteiger partial charge in [-0.05, 0) is 6.92 Å². The molecule has 1 saturated heterocycles. The Morgan fingerprint density at radius 3 is 2.56 bits per heavy atom. The minimum atomic E-state index is -4.80. The van der Waals surface area contributed by atoms with E-state index in [1.165, 1.54) is 6.92 Å². The lowest BCUT2D eigenvalue weighted by molar-refractivity contribution is -0.151. The molecule has 174 valence electrons. The SMILES string of the molecule is CC(=O)OCC1=C(C(=O)O)N2C(=O)[C@H](NC(=O)Cn3nc(C(F)(F)F)c(Cl)c3C)[C@@H]2SC1. The Kier molecular flexibility index (Phi) is 6.47. The summed E-state index contributed by atoms with van der Waals surface area (Å²) in [5, 5.41) is 13.9. The van der Waals surface area contributed by atoms with Crippen molar-refractivity contribution in [1.82, 2.24) is 20.0 Å². The average molecular weight is 497 g/mol. The average Bonchev–Trinajstić information content (AvgIpc) is 2.98. The number of aromatic nitrogens is 2. The summed E-state index contributed by atoms with van der Waals surface area (Å²) in [5.74, 6) is -3.38. The molecule has 0 radical (unpaired) electrons. The second-order valence-corrected chi connectivity index (χ2v) is 8.38. The second-order valence-electron chi connectivity index (χ2n) is 6.90. The number of β-lactam (4-membered cyclic amide) rings is 1. The van der Waals surface area contributed by atoms with Crippen molar-refractivity contribution in [3.63, 3.8) is 0 Å². The van der Waals surface area contributed by atoms with Crippen molar-refractivity contribution >= 4 is 47.1 Å². The first-order chi connectivity index (χ1) is 14.8. The zero-order valence-corrected chi connectivity index (χ0v) is 18.1. The fourth-order valence-electron chi connectivity index (χ4n) is 3.20. The number of fused-ring (bicyclic) bond motifs is 1. The molecule has 0 saturated carbocycles. The van der Waals surface area contributed by atoms with E-state index in [1.54, 1.807) is 0 Å². The minimum Gasteiger partial charge on any atom is -0.477 e. The van der Waals surface area contributed by atoms with Gasteiger partial charge in [-0.1, -0.05) is 11.6 Å². The molecule has 2 atom stereocenters. The topological polar surface area (TPSA) is 131 Å². The number of amides is 2. The smallest absolute Gasteiger partial charge is 0.436 e. The Morgan fingerprint density at radius 1 is 1.38 bits per heavy atom. The van der Waals surface area contributed by atoms with Crippen molar-refractivity contribution in [2.24, 2.45) is 0 Å². The van der Waals surface area contributed by atoms with Gasteiger partial charge in [0.1, 0.15) is 30.3 Å². The van der Waals surface area contributed by atoms with Crippen LogP contribution in [-0.4, -0.2) is 67.3 Å². The highest BCUT2D eigenvalue weighted by atomic mass is 35.5. The first kappa shape index (κ1) is 23.9. The number of esters is 1. The van der Waals surface area contributed by atoms with E-state index in [0.717, 1.165) is 28.3 Å². The fourth-order valence-corrected chi connectivity index (χ4v) is 4.77. The number of thioether (sulfide) groups is 1. The lowest BCUT2D eigenvalue weighted by atomic mass is 10.0. The third kappa shape index (κ3) is 4.41. The van der Waals surface area contributed by atoms with Gasteiger partial charge >= 0.3 is 18.1 Å². The predicted octanol–water partition coefficient (Wildman–Crippen LogP) is 1.17. The number of aliphatic carboxylic acids is 1. The van der Waals surface area contributed by atoms with E-state index in [9.17, 15) is 37.5 Å². The van der Waals surface area contributed by atoms with Crippen LogP contribution in [-0.2, 0) is 36.6 Å². The maximum atomic E-state index is 12.9. The molecule has 0 bridgehead atoms. The van der Waals surface area contributed by atoms with Gasteiger partial charge in [0, 0.05) is 18.2 Å². The summed E-state index contributed by atoms with van der Waals surface area (Å²) >= 11 is 6.81. The summed E-state index contributed by atoms with van der Waals surface area (Å²) in [4.78, 5) is 48.5. The van der Waals surface area contributed by atoms with Crippen LogP contribution in [0.3, 0.4) is 0 Å². The van der Waals surface area contributed by atoms with E-state index >= 15 is 0 Å². The molecular weight excluding hydrogens is 481 g/mol. The molecular formula is C17H16ClF3N4O6S. The molecule has 1 aromatic rings. The van der Waals surface area contributed by atoms with Crippen molar-refractivity contribution in [1.29, 1.82) is 0 Å². The number of carbonyl (C=O) groups is 4. The number of hydrogen-bond donors (Lipinski definition) is 2. The Bertz CT molecular complexity index is 1040. The van der Waals surface area contributed by atoms with Crippen molar-refractivity contribution in [2.45, 2.75) is 38.0 Å². The molecule has 2 aliphatic rings. The number of carboxylic acid groups (broad SMARTS) is 1. The summed E-state index contributed by atoms with van der Waals surface area (Å²) in [6.07, 6.45) is -4.80. The number of carboxylic acids is 1. The number of nitrogens with zero attached hydrogens (tertiary/aromatic N) is 3. The molecule has 3 rings (SSSR count). The summed E-state index contributed by atoms with van der Waals surface area (Å²) in [7, 11) is 0. The van der Waals surface area contributed by atoms with Crippen molar-refractivity contribution in [2.75, 3.05) is 12.4 Å². The molecule has 32 heavy (non-hydrogen) atoms. The Balaban J connectivity index is 1.71. The summed E-state index contributed by atoms with van der Waals surface area (Å²) in [6.45, 7) is 1.51. The van der Waals surface area contributed by atoms with Crippen molar-refractivity contribution in [3.8, 4) is 0 Å². The maximum Gasteiger partial charge on any atom is 0.436 e. The number of hydrogen-bond acceptors (Lipinski definition) is 7. The third-order valence-electron chi connectivity index (χ3n) is 4.71. The molecule has 1 aromatic heterocycles. The Labute approximate surface area is 187 Å². The number of ether oxygens (including phenoxy) is 1. The maximum absolute atomic E-state index is 12.9. The van der Waals surface area contributed by atoms with E-state index < -0.39 is 58.6 Å². The van der Waals surface area contributed by atoms with Crippen LogP contribution in [0.2, 0.25) is 5.02 Å². The molecule has 2 N–H and O–H groups in total. The Hall–Kier alpha value is -2.74. The summed E-state index contributed by atoms with van der Waals surface area (Å²) < 4.78 is 44.4. The van der Waals surface area contributed by atoms with Crippen LogP contribution in [0.4, 0.5) is 13.2 Å². The summed E-state index contributed by atoms with van der Waals surface area (Å²) in [5.41, 5.74) is -1.49. The zero-order chi connectivity index (χ0) is 24.0. The molecule has 2 amide bonds. The molecule has 3 heterocycles. The van der Waals surface area contributed by atoms with E-state index in [4.69, 9.17) is 16.3 Å². The normalized spacial score (nSPS) is 20.6. The minimum absolute atomic E-state index is 0.0750. The van der Waals surface area contributed by atoms with Gasteiger partial charge in [0.05, 0.1) is 10.7 Å². The van der Waals surface area contributed by atoms with Crippen LogP contribution in [0.15, 0.2) is 11.3 Å². The monoisotopic (exact) mass is 496 g/mol. The molecule has 10 nitrogen and oxygen atoms in total. The highest BCUT2D eigenvalue weighted by molar-refractivity contribution is 8.00. The quantitative estimate of drug-likeness (QED) is 0.443. The molecule has 2 aliphatic heterocycles. The van der Waals surface area contributed by atoms with Gasteiger partial charge < -0.3 is 15.2 Å². The number of rotatable bonds is 6. The van der Waals surface area contributed by atoms with Crippen LogP contribution in [0.1, 0.15) is 18.3 Å². The van der Waals surface area contributed by atoms with Gasteiger partial charge in [0.25, 0.3) is 5.91 Å². The van der Waals surface area contributed by atoms with Gasteiger partial charge in [-0.2, -0.15) is 18.3 Å². The standard InChI is InChI=1S/C17H16ClF3N4O6S/c1-6-10(18)13(17(19,20)21)23-24(6)3-9(27)22-11-14(28)25-12(16(29)30)8(4-31-7(2)26)5-32-15(11)25/h11,15H,3-5H2,1-2H3,(H,22,27)(H,29,30)/t11-,15-/m0/s1. The van der Waals surface area contributed by atoms with Crippen LogP contribution in [0.25, 0.3) is 0 Å². The van der Waals surface area contributed by atoms with E-state index in [0.29, 0.717) is 0 Å². The van der Waals surface area contributed by atoms with E-state index in [2.05, 4.69) is 10.4 Å². The van der Waals surface area contributed by atoms with Gasteiger partial charge in [0.2, 0.25) is 5.91 Å². The first-order valence-corrected chi connectivity index (χ1v) is 10.4. The van der Waals surface area contributed by atoms with Gasteiger partial charge in [-0.15, -0.1) is 11.8 Å². The third-order valence-corrected chi connectivity index (χ3v) is 6.50. The summed E-state index contributed by atoms with van der Waals surface area (Å²) in [6, 6.07) is -1.08. The zero-order valence-electron chi connectivity index (χ0n) is 16.5. The largest absolute Gasteiger partial charge is 0.477 e. The molecule has 1 fully saturated rings. The Morgan fingerprint density at radius 2 is 2.03 bits per heavy atom. The fraction of sp³-hybridized carbons (Fsp3) is 0.471. The van der Waals surface area contributed by atoms with Crippen LogP contribution in [0, 0.1) is 6.92 Å². The van der Waals surface area contributed by atoms with E-state index in [-0.39, 0.29) is 29.3 Å². The number of carbonyl (C=O) groups excluding carboxylic acids is 3. The van der Waals surface area contributed by atoms with Crippen LogP contribution in [0.5, 0.6) is 0 Å². The molecule has 0 unspecified atom stereocenters. The first-order valence-electron chi connectivity index (χ1n) is 8.95. The predicted molar refractivity (Wildman–Crippen MR) is 103 cm³/mol. The molecule has 0 spiro atoms. The molecule has 0 aromatic carbocycles. The lowest BCUT2D eigenvalue weighted by Gasteiger charge is -2.49. The van der Waals surface area contributed by atoms with Gasteiger partial charge in [-0.25, -0.2) is 4.79 Å². The highest BCUT2D eigenvalue weighted by Crippen LogP contribution is 2.40. The second kappa shape index (κ2) is 8.65. The van der Waals surface area contributed by atoms with Crippen molar-refractivity contribution < 1.29 is 42.2 Å². The van der Waals surface area contributed by atoms with E-state index in [1.807, 2.05) is 0 Å². The van der Waals surface area contributed by atoms with Gasteiger partial charge in [-0.3, -0.25) is 24.0 Å². The van der Waals surface area contributed by atoms with Crippen LogP contribution >= 0.6 is 23.4 Å². The molecule has 0 aliphatic carbocycles. The number of halogens is 4. The lowest BCUT2D eigenvalue weighted by Crippen LogP contribution is -2.70. The highest BCUT2D eigenvalue weighted by Gasteiger charge is 2.54. The number of alkyl halides is 3. The van der Waals surface area contributed by atoms with Crippen LogP contribution < -0.4 is 5.32 Å². The molecule has 15 heteroatoms. The number of nitrogens with one attached hydrogen (secondary N) is 1. The van der Waals surface area contributed by atoms with Gasteiger partial charge in [0.15, 0.2) is 5.69 Å². The van der Waals surface area contributed by atoms with Crippen molar-refractivity contribution in [3.05, 3.63) is 27.7 Å².